The SMILES string of the molecule is CCN(Cc1nc2ccccc2c(=O)[nH]1)C(=O)CCc1ccc(-c2ccccc2)[nH]1. The Morgan fingerprint density at radius 1 is 0.967 bits per heavy atom. The predicted molar refractivity (Wildman–Crippen MR) is 118 cm³/mol. The van der Waals surface area contributed by atoms with Crippen molar-refractivity contribution in [3.05, 3.63) is 88.6 Å². The molecule has 1 amide bonds. The lowest BCUT2D eigenvalue weighted by Crippen LogP contribution is -2.32. The number of hydrogen-bond acceptors (Lipinski definition) is 3. The summed E-state index contributed by atoms with van der Waals surface area (Å²) in [5, 5.41) is 0.552. The predicted octanol–water partition coefficient (Wildman–Crippen LogP) is 3.90. The first kappa shape index (κ1) is 19.6. The number of aromatic nitrogens is 3. The molecule has 4 rings (SSSR count). The lowest BCUT2D eigenvalue weighted by Gasteiger charge is -2.20. The minimum absolute atomic E-state index is 0.0316. The van der Waals surface area contributed by atoms with E-state index in [0.717, 1.165) is 17.0 Å². The highest BCUT2D eigenvalue weighted by atomic mass is 16.2. The standard InChI is InChI=1S/C24H24N4O2/c1-2-28(16-22-26-21-11-7-6-10-19(21)24(30)27-22)23(29)15-13-18-12-14-20(25-18)17-8-4-3-5-9-17/h3-12,14,25H,2,13,15-16H2,1H3,(H,26,27,30). The van der Waals surface area contributed by atoms with Gasteiger partial charge in [-0.15, -0.1) is 0 Å². The van der Waals surface area contributed by atoms with Crippen molar-refractivity contribution in [2.24, 2.45) is 0 Å². The fraction of sp³-hybridized carbons (Fsp3) is 0.208. The molecule has 2 aromatic carbocycles. The van der Waals surface area contributed by atoms with Gasteiger partial charge in [0.05, 0.1) is 17.4 Å². The number of para-hydroxylation sites is 1. The monoisotopic (exact) mass is 400 g/mol. The molecule has 4 aromatic rings. The summed E-state index contributed by atoms with van der Waals surface area (Å²) in [5.74, 6) is 0.532. The molecule has 0 bridgehead atoms. The van der Waals surface area contributed by atoms with Crippen LogP contribution in [0.1, 0.15) is 24.9 Å². The van der Waals surface area contributed by atoms with Gasteiger partial charge >= 0.3 is 0 Å². The number of aromatic amines is 2. The van der Waals surface area contributed by atoms with Crippen LogP contribution < -0.4 is 5.56 Å². The molecule has 0 aliphatic carbocycles. The smallest absolute Gasteiger partial charge is 0.258 e. The molecule has 2 aromatic heterocycles. The van der Waals surface area contributed by atoms with Crippen LogP contribution in [0.3, 0.4) is 0 Å². The maximum Gasteiger partial charge on any atom is 0.258 e. The summed E-state index contributed by atoms with van der Waals surface area (Å²) in [6, 6.07) is 21.4. The molecule has 2 N–H and O–H groups in total. The number of nitrogens with one attached hydrogen (secondary N) is 2. The van der Waals surface area contributed by atoms with Gasteiger partial charge in [0.2, 0.25) is 5.91 Å². The van der Waals surface area contributed by atoms with Gasteiger partial charge in [-0.1, -0.05) is 42.5 Å². The molecule has 0 radical (unpaired) electrons. The molecular formula is C24H24N4O2. The van der Waals surface area contributed by atoms with E-state index in [1.54, 1.807) is 11.0 Å². The summed E-state index contributed by atoms with van der Waals surface area (Å²) in [5.41, 5.74) is 3.65. The molecule has 0 unspecified atom stereocenters. The van der Waals surface area contributed by atoms with Gasteiger partial charge in [0, 0.05) is 24.4 Å². The summed E-state index contributed by atoms with van der Waals surface area (Å²) in [6.45, 7) is 2.77. The zero-order valence-corrected chi connectivity index (χ0v) is 16.9. The average molecular weight is 400 g/mol. The summed E-state index contributed by atoms with van der Waals surface area (Å²) in [4.78, 5) is 37.4. The topological polar surface area (TPSA) is 81.8 Å². The van der Waals surface area contributed by atoms with Crippen molar-refractivity contribution >= 4 is 16.8 Å². The third-order valence-electron chi connectivity index (χ3n) is 5.18. The molecule has 30 heavy (non-hydrogen) atoms. The van der Waals surface area contributed by atoms with E-state index in [9.17, 15) is 9.59 Å². The maximum absolute atomic E-state index is 12.8. The number of rotatable bonds is 7. The Balaban J connectivity index is 1.41. The van der Waals surface area contributed by atoms with Gasteiger partial charge in [-0.2, -0.15) is 0 Å². The molecule has 0 saturated carbocycles. The molecule has 0 aliphatic heterocycles. The molecule has 6 nitrogen and oxygen atoms in total. The van der Waals surface area contributed by atoms with Gasteiger partial charge in [-0.3, -0.25) is 9.59 Å². The van der Waals surface area contributed by atoms with E-state index in [4.69, 9.17) is 0 Å². The van der Waals surface area contributed by atoms with Gasteiger partial charge in [0.1, 0.15) is 5.82 Å². The van der Waals surface area contributed by atoms with E-state index < -0.39 is 0 Å². The number of aryl methyl sites for hydroxylation is 1. The lowest BCUT2D eigenvalue weighted by molar-refractivity contribution is -0.131. The normalized spacial score (nSPS) is 11.0. The summed E-state index contributed by atoms with van der Waals surface area (Å²) in [7, 11) is 0. The minimum Gasteiger partial charge on any atom is -0.358 e. The second-order valence-corrected chi connectivity index (χ2v) is 7.20. The van der Waals surface area contributed by atoms with Crippen LogP contribution in [0, 0.1) is 0 Å². The first-order valence-corrected chi connectivity index (χ1v) is 10.1. The van der Waals surface area contributed by atoms with Gasteiger partial charge in [0.25, 0.3) is 5.56 Å². The van der Waals surface area contributed by atoms with Crippen molar-refractivity contribution in [1.29, 1.82) is 0 Å². The molecule has 0 spiro atoms. The number of amides is 1. The minimum atomic E-state index is -0.182. The largest absolute Gasteiger partial charge is 0.358 e. The van der Waals surface area contributed by atoms with Crippen LogP contribution in [0.25, 0.3) is 22.2 Å². The number of carbonyl (C=O) groups is 1. The third-order valence-corrected chi connectivity index (χ3v) is 5.18. The van der Waals surface area contributed by atoms with Crippen LogP contribution in [0.4, 0.5) is 0 Å². The number of nitrogens with zero attached hydrogens (tertiary/aromatic N) is 2. The second kappa shape index (κ2) is 8.78. The Kier molecular flexibility index (Phi) is 5.75. The number of hydrogen-bond donors (Lipinski definition) is 2. The van der Waals surface area contributed by atoms with Crippen LogP contribution in [-0.4, -0.2) is 32.3 Å². The van der Waals surface area contributed by atoms with E-state index in [-0.39, 0.29) is 18.0 Å². The molecule has 0 aliphatic rings. The highest BCUT2D eigenvalue weighted by Gasteiger charge is 2.15. The van der Waals surface area contributed by atoms with E-state index in [2.05, 4.69) is 27.1 Å². The number of carbonyl (C=O) groups excluding carboxylic acids is 1. The van der Waals surface area contributed by atoms with Crippen molar-refractivity contribution in [2.75, 3.05) is 6.54 Å². The van der Waals surface area contributed by atoms with Gasteiger partial charge in [-0.25, -0.2) is 4.98 Å². The highest BCUT2D eigenvalue weighted by Crippen LogP contribution is 2.19. The molecule has 152 valence electrons. The summed E-state index contributed by atoms with van der Waals surface area (Å²) in [6.07, 6.45) is 1.02. The van der Waals surface area contributed by atoms with Gasteiger partial charge in [0.15, 0.2) is 0 Å². The van der Waals surface area contributed by atoms with Crippen LogP contribution in [0.2, 0.25) is 0 Å². The summed E-state index contributed by atoms with van der Waals surface area (Å²) < 4.78 is 0. The number of H-pyrrole nitrogens is 2. The molecule has 0 saturated heterocycles. The Morgan fingerprint density at radius 3 is 2.53 bits per heavy atom. The number of fused-ring (bicyclic) bond motifs is 1. The molecule has 0 atom stereocenters. The molecular weight excluding hydrogens is 376 g/mol. The maximum atomic E-state index is 12.8. The first-order valence-electron chi connectivity index (χ1n) is 10.1. The van der Waals surface area contributed by atoms with Crippen molar-refractivity contribution in [3.63, 3.8) is 0 Å². The molecule has 6 heteroatoms. The fourth-order valence-electron chi connectivity index (χ4n) is 3.54. The third kappa shape index (κ3) is 4.33. The van der Waals surface area contributed by atoms with Crippen molar-refractivity contribution in [1.82, 2.24) is 19.9 Å². The Hall–Kier alpha value is -3.67. The summed E-state index contributed by atoms with van der Waals surface area (Å²) >= 11 is 0. The number of benzene rings is 2. The first-order chi connectivity index (χ1) is 14.6. The van der Waals surface area contributed by atoms with Crippen LogP contribution in [-0.2, 0) is 17.8 Å². The van der Waals surface area contributed by atoms with Gasteiger partial charge < -0.3 is 14.9 Å². The second-order valence-electron chi connectivity index (χ2n) is 7.20. The van der Waals surface area contributed by atoms with Crippen molar-refractivity contribution in [2.45, 2.75) is 26.3 Å². The van der Waals surface area contributed by atoms with E-state index in [1.807, 2.05) is 55.5 Å². The Morgan fingerprint density at radius 2 is 1.73 bits per heavy atom. The highest BCUT2D eigenvalue weighted by molar-refractivity contribution is 5.78. The van der Waals surface area contributed by atoms with Crippen molar-refractivity contribution in [3.8, 4) is 11.3 Å². The van der Waals surface area contributed by atoms with E-state index >= 15 is 0 Å². The van der Waals surface area contributed by atoms with Crippen LogP contribution in [0.15, 0.2) is 71.5 Å². The van der Waals surface area contributed by atoms with Crippen LogP contribution in [0.5, 0.6) is 0 Å². The average Bonchev–Trinajstić information content (AvgIpc) is 3.25. The Bertz CT molecular complexity index is 1210. The van der Waals surface area contributed by atoms with E-state index in [1.165, 1.54) is 0 Å². The lowest BCUT2D eigenvalue weighted by atomic mass is 10.2. The van der Waals surface area contributed by atoms with Gasteiger partial charge in [-0.05, 0) is 43.2 Å². The quantitative estimate of drug-likeness (QED) is 0.494. The van der Waals surface area contributed by atoms with Crippen molar-refractivity contribution < 1.29 is 4.79 Å². The Labute approximate surface area is 174 Å². The zero-order valence-electron chi connectivity index (χ0n) is 16.9. The zero-order chi connectivity index (χ0) is 20.9. The van der Waals surface area contributed by atoms with Crippen LogP contribution >= 0.6 is 0 Å². The molecule has 0 fully saturated rings. The fourth-order valence-corrected chi connectivity index (χ4v) is 3.54. The van der Waals surface area contributed by atoms with E-state index in [0.29, 0.717) is 36.1 Å². The molecule has 2 heterocycles.